The molecule has 2 aromatic rings. The Hall–Kier alpha value is -1.07. The van der Waals surface area contributed by atoms with Gasteiger partial charge in [-0.05, 0) is 35.4 Å². The zero-order chi connectivity index (χ0) is 14.8. The van der Waals surface area contributed by atoms with E-state index in [0.717, 1.165) is 33.5 Å². The van der Waals surface area contributed by atoms with Crippen LogP contribution >= 0.6 is 31.9 Å². The van der Waals surface area contributed by atoms with Gasteiger partial charge in [0.15, 0.2) is 11.5 Å². The summed E-state index contributed by atoms with van der Waals surface area (Å²) in [6.45, 7) is 1.29. The highest BCUT2D eigenvalue weighted by Gasteiger charge is 2.19. The molecule has 0 aromatic heterocycles. The summed E-state index contributed by atoms with van der Waals surface area (Å²) in [7, 11) is 0. The van der Waals surface area contributed by atoms with Crippen molar-refractivity contribution in [1.82, 2.24) is 0 Å². The number of benzene rings is 2. The highest BCUT2D eigenvalue weighted by Crippen LogP contribution is 2.42. The van der Waals surface area contributed by atoms with Crippen molar-refractivity contribution in [2.45, 2.75) is 11.2 Å². The van der Waals surface area contributed by atoms with Crippen molar-refractivity contribution < 1.29 is 13.9 Å². The van der Waals surface area contributed by atoms with Gasteiger partial charge in [-0.3, -0.25) is 0 Å². The van der Waals surface area contributed by atoms with Gasteiger partial charge in [0.05, 0.1) is 18.0 Å². The fourth-order valence-corrected chi connectivity index (χ4v) is 3.76. The van der Waals surface area contributed by atoms with Crippen LogP contribution in [0.2, 0.25) is 0 Å². The van der Waals surface area contributed by atoms with Crippen molar-refractivity contribution in [2.75, 3.05) is 13.2 Å². The number of fused-ring (bicyclic) bond motifs is 1. The van der Waals surface area contributed by atoms with Gasteiger partial charge in [0.2, 0.25) is 0 Å². The lowest BCUT2D eigenvalue weighted by Crippen LogP contribution is -1.98. The minimum atomic E-state index is -0.248. The van der Waals surface area contributed by atoms with Crippen LogP contribution in [0, 0.1) is 5.82 Å². The van der Waals surface area contributed by atoms with Gasteiger partial charge in [0.1, 0.15) is 5.82 Å². The molecule has 2 aromatic carbocycles. The van der Waals surface area contributed by atoms with Crippen LogP contribution in [0.1, 0.15) is 22.4 Å². The lowest BCUT2D eigenvalue weighted by molar-refractivity contribution is 0.297. The Labute approximate surface area is 139 Å². The normalized spacial score (nSPS) is 15.4. The summed E-state index contributed by atoms with van der Waals surface area (Å²) in [6, 6.07) is 10.4. The van der Waals surface area contributed by atoms with E-state index in [0.29, 0.717) is 13.2 Å². The summed E-state index contributed by atoms with van der Waals surface area (Å²) in [4.78, 5) is -0.125. The van der Waals surface area contributed by atoms with E-state index in [1.165, 1.54) is 12.1 Å². The molecule has 1 unspecified atom stereocenters. The lowest BCUT2D eigenvalue weighted by atomic mass is 10.0. The molecule has 3 rings (SSSR count). The van der Waals surface area contributed by atoms with Gasteiger partial charge < -0.3 is 9.47 Å². The highest BCUT2D eigenvalue weighted by molar-refractivity contribution is 9.11. The van der Waals surface area contributed by atoms with E-state index in [1.54, 1.807) is 6.07 Å². The van der Waals surface area contributed by atoms with Crippen molar-refractivity contribution in [3.05, 3.63) is 57.8 Å². The first-order valence-electron chi connectivity index (χ1n) is 6.64. The van der Waals surface area contributed by atoms with Crippen LogP contribution in [-0.4, -0.2) is 13.2 Å². The van der Waals surface area contributed by atoms with Gasteiger partial charge in [-0.2, -0.15) is 0 Å². The Kier molecular flexibility index (Phi) is 4.50. The molecule has 21 heavy (non-hydrogen) atoms. The van der Waals surface area contributed by atoms with Crippen molar-refractivity contribution >= 4 is 31.9 Å². The van der Waals surface area contributed by atoms with Crippen LogP contribution in [0.4, 0.5) is 4.39 Å². The molecule has 1 aliphatic heterocycles. The Morgan fingerprint density at radius 2 is 1.76 bits per heavy atom. The average Bonchev–Trinajstić information content (AvgIpc) is 2.70. The first-order chi connectivity index (χ1) is 10.1. The fourth-order valence-electron chi connectivity index (χ4n) is 2.24. The molecule has 0 bridgehead atoms. The number of alkyl halides is 1. The Morgan fingerprint density at radius 1 is 1.05 bits per heavy atom. The van der Waals surface area contributed by atoms with Gasteiger partial charge in [-0.1, -0.05) is 44.0 Å². The van der Waals surface area contributed by atoms with Crippen molar-refractivity contribution in [3.8, 4) is 11.5 Å². The zero-order valence-electron chi connectivity index (χ0n) is 11.1. The molecule has 1 heterocycles. The summed E-state index contributed by atoms with van der Waals surface area (Å²) in [5.74, 6) is 1.22. The van der Waals surface area contributed by atoms with Gasteiger partial charge in [-0.15, -0.1) is 0 Å². The first kappa shape index (κ1) is 14.9. The molecule has 1 aliphatic rings. The molecule has 0 spiro atoms. The summed E-state index contributed by atoms with van der Waals surface area (Å²) in [5, 5.41) is 0. The second-order valence-electron chi connectivity index (χ2n) is 4.79. The molecule has 0 N–H and O–H groups in total. The van der Waals surface area contributed by atoms with Crippen LogP contribution in [0.5, 0.6) is 11.5 Å². The SMILES string of the molecule is Fc1cccc(C(Br)c2cc3c(cc2Br)OCCCO3)c1. The average molecular weight is 416 g/mol. The van der Waals surface area contributed by atoms with Gasteiger partial charge in [0.25, 0.3) is 0 Å². The minimum absolute atomic E-state index is 0.125. The molecule has 0 radical (unpaired) electrons. The predicted molar refractivity (Wildman–Crippen MR) is 86.9 cm³/mol. The molecule has 0 saturated heterocycles. The smallest absolute Gasteiger partial charge is 0.162 e. The molecular formula is C16H13Br2FO2. The van der Waals surface area contributed by atoms with Crippen LogP contribution in [0.25, 0.3) is 0 Å². The number of rotatable bonds is 2. The van der Waals surface area contributed by atoms with E-state index in [-0.39, 0.29) is 10.6 Å². The van der Waals surface area contributed by atoms with Crippen molar-refractivity contribution in [1.29, 1.82) is 0 Å². The van der Waals surface area contributed by atoms with Crippen LogP contribution < -0.4 is 9.47 Å². The van der Waals surface area contributed by atoms with Crippen molar-refractivity contribution in [3.63, 3.8) is 0 Å². The summed E-state index contributed by atoms with van der Waals surface area (Å²) in [6.07, 6.45) is 0.864. The molecule has 0 aliphatic carbocycles. The van der Waals surface area contributed by atoms with Gasteiger partial charge in [0, 0.05) is 10.9 Å². The molecular weight excluding hydrogens is 403 g/mol. The van der Waals surface area contributed by atoms with E-state index in [4.69, 9.17) is 9.47 Å². The number of hydrogen-bond acceptors (Lipinski definition) is 2. The number of ether oxygens (including phenoxy) is 2. The molecule has 2 nitrogen and oxygen atoms in total. The van der Waals surface area contributed by atoms with Gasteiger partial charge >= 0.3 is 0 Å². The summed E-state index contributed by atoms with van der Waals surface area (Å²) < 4.78 is 25.7. The second-order valence-corrected chi connectivity index (χ2v) is 6.56. The fraction of sp³-hybridized carbons (Fsp3) is 0.250. The molecule has 1 atom stereocenters. The maximum absolute atomic E-state index is 13.4. The molecule has 0 saturated carbocycles. The topological polar surface area (TPSA) is 18.5 Å². The standard InChI is InChI=1S/C16H13Br2FO2/c17-13-9-15-14(20-5-2-6-21-15)8-12(13)16(18)10-3-1-4-11(19)7-10/h1,3-4,7-9,16H,2,5-6H2. The third-order valence-electron chi connectivity index (χ3n) is 3.28. The Balaban J connectivity index is 2.00. The molecule has 5 heteroatoms. The Morgan fingerprint density at radius 3 is 2.48 bits per heavy atom. The third-order valence-corrected chi connectivity index (χ3v) is 4.99. The lowest BCUT2D eigenvalue weighted by Gasteiger charge is -2.16. The van der Waals surface area contributed by atoms with E-state index in [2.05, 4.69) is 31.9 Å². The highest BCUT2D eigenvalue weighted by atomic mass is 79.9. The van der Waals surface area contributed by atoms with Crippen molar-refractivity contribution in [2.24, 2.45) is 0 Å². The third kappa shape index (κ3) is 3.24. The second kappa shape index (κ2) is 6.36. The molecule has 0 amide bonds. The monoisotopic (exact) mass is 414 g/mol. The van der Waals surface area contributed by atoms with Crippen LogP contribution in [0.3, 0.4) is 0 Å². The van der Waals surface area contributed by atoms with Gasteiger partial charge in [-0.25, -0.2) is 4.39 Å². The summed E-state index contributed by atoms with van der Waals surface area (Å²) >= 11 is 7.19. The zero-order valence-corrected chi connectivity index (χ0v) is 14.3. The predicted octanol–water partition coefficient (Wildman–Crippen LogP) is 5.23. The van der Waals surface area contributed by atoms with E-state index >= 15 is 0 Å². The van der Waals surface area contributed by atoms with E-state index in [9.17, 15) is 4.39 Å². The minimum Gasteiger partial charge on any atom is -0.490 e. The largest absolute Gasteiger partial charge is 0.490 e. The maximum Gasteiger partial charge on any atom is 0.162 e. The number of halogens is 3. The quantitative estimate of drug-likeness (QED) is 0.625. The molecule has 110 valence electrons. The maximum atomic E-state index is 13.4. The van der Waals surface area contributed by atoms with E-state index < -0.39 is 0 Å². The van der Waals surface area contributed by atoms with E-state index in [1.807, 2.05) is 18.2 Å². The Bertz CT molecular complexity index is 661. The molecule has 0 fully saturated rings. The van der Waals surface area contributed by atoms with Crippen LogP contribution in [-0.2, 0) is 0 Å². The first-order valence-corrected chi connectivity index (χ1v) is 8.34. The number of hydrogen-bond donors (Lipinski definition) is 0. The van der Waals surface area contributed by atoms with Crippen LogP contribution in [0.15, 0.2) is 40.9 Å². The summed E-state index contributed by atoms with van der Waals surface area (Å²) in [5.41, 5.74) is 1.83.